The molecule has 0 amide bonds. The zero-order chi connectivity index (χ0) is 18.5. The molecule has 26 heavy (non-hydrogen) atoms. The van der Waals surface area contributed by atoms with Gasteiger partial charge in [-0.25, -0.2) is 9.97 Å². The maximum Gasteiger partial charge on any atom is 0.433 e. The number of benzene rings is 1. The highest BCUT2D eigenvalue weighted by Gasteiger charge is 2.33. The van der Waals surface area contributed by atoms with Crippen molar-refractivity contribution in [3.63, 3.8) is 0 Å². The minimum Gasteiger partial charge on any atom is -0.326 e. The number of rotatable bonds is 3. The Morgan fingerprint density at radius 1 is 1.23 bits per heavy atom. The Labute approximate surface area is 155 Å². The summed E-state index contributed by atoms with van der Waals surface area (Å²) in [7, 11) is 1.75. The fraction of sp³-hybridized carbons (Fsp3) is 0.222. The summed E-state index contributed by atoms with van der Waals surface area (Å²) in [5.41, 5.74) is -0.0216. The predicted molar refractivity (Wildman–Crippen MR) is 101 cm³/mol. The van der Waals surface area contributed by atoms with Crippen LogP contribution in [0.2, 0.25) is 0 Å². The monoisotopic (exact) mass is 393 g/mol. The van der Waals surface area contributed by atoms with Gasteiger partial charge in [-0.15, -0.1) is 23.1 Å². The summed E-state index contributed by atoms with van der Waals surface area (Å²) < 4.78 is 41.8. The quantitative estimate of drug-likeness (QED) is 0.401. The van der Waals surface area contributed by atoms with Crippen LogP contribution < -0.4 is 0 Å². The van der Waals surface area contributed by atoms with E-state index in [0.29, 0.717) is 16.9 Å². The zero-order valence-corrected chi connectivity index (χ0v) is 15.6. The molecule has 8 heteroatoms. The first kappa shape index (κ1) is 17.4. The number of hydrogen-bond donors (Lipinski definition) is 0. The first-order chi connectivity index (χ1) is 12.4. The average Bonchev–Trinajstić information content (AvgIpc) is 3.13. The molecular weight excluding hydrogens is 379 g/mol. The number of halogens is 3. The van der Waals surface area contributed by atoms with Crippen molar-refractivity contribution in [2.24, 2.45) is 7.05 Å². The third kappa shape index (κ3) is 2.77. The van der Waals surface area contributed by atoms with Crippen LogP contribution >= 0.6 is 23.1 Å². The maximum atomic E-state index is 13.0. The molecule has 0 saturated carbocycles. The normalized spacial score (nSPS) is 12.3. The first-order valence-electron chi connectivity index (χ1n) is 7.94. The van der Waals surface area contributed by atoms with Crippen molar-refractivity contribution in [1.82, 2.24) is 14.5 Å². The van der Waals surface area contributed by atoms with Crippen LogP contribution in [0.15, 0.2) is 41.4 Å². The van der Waals surface area contributed by atoms with Crippen LogP contribution in [-0.2, 0) is 13.2 Å². The summed E-state index contributed by atoms with van der Waals surface area (Å²) >= 11 is 3.33. The lowest BCUT2D eigenvalue weighted by Gasteiger charge is -2.06. The van der Waals surface area contributed by atoms with Gasteiger partial charge in [-0.3, -0.25) is 0 Å². The first-order valence-corrected chi connectivity index (χ1v) is 9.74. The van der Waals surface area contributed by atoms with Gasteiger partial charge < -0.3 is 4.57 Å². The molecule has 0 aliphatic carbocycles. The van der Waals surface area contributed by atoms with E-state index in [2.05, 4.69) is 29.0 Å². The number of aromatic nitrogens is 3. The van der Waals surface area contributed by atoms with E-state index < -0.39 is 11.9 Å². The smallest absolute Gasteiger partial charge is 0.326 e. The van der Waals surface area contributed by atoms with Gasteiger partial charge in [0.15, 0.2) is 5.82 Å². The fourth-order valence-electron chi connectivity index (χ4n) is 2.91. The van der Waals surface area contributed by atoms with E-state index >= 15 is 0 Å². The van der Waals surface area contributed by atoms with Gasteiger partial charge >= 0.3 is 6.18 Å². The third-order valence-corrected chi connectivity index (χ3v) is 6.40. The number of thioether (sulfide) groups is 1. The Morgan fingerprint density at radius 3 is 2.73 bits per heavy atom. The van der Waals surface area contributed by atoms with Crippen LogP contribution in [0.25, 0.3) is 31.8 Å². The molecule has 4 rings (SSSR count). The van der Waals surface area contributed by atoms with Gasteiger partial charge in [-0.1, -0.05) is 25.1 Å². The molecule has 0 aliphatic heterocycles. The minimum absolute atomic E-state index is 0.423. The van der Waals surface area contributed by atoms with Gasteiger partial charge in [-0.05, 0) is 17.9 Å². The van der Waals surface area contributed by atoms with Crippen LogP contribution in [0.3, 0.4) is 0 Å². The van der Waals surface area contributed by atoms with E-state index in [4.69, 9.17) is 0 Å². The Balaban J connectivity index is 1.96. The van der Waals surface area contributed by atoms with Crippen LogP contribution in [0.5, 0.6) is 0 Å². The summed E-state index contributed by atoms with van der Waals surface area (Å²) in [6.45, 7) is 2.08. The Hall–Kier alpha value is -2.06. The van der Waals surface area contributed by atoms with Crippen molar-refractivity contribution in [3.8, 4) is 10.7 Å². The van der Waals surface area contributed by atoms with E-state index in [1.165, 1.54) is 6.20 Å². The van der Waals surface area contributed by atoms with E-state index in [1.54, 1.807) is 34.7 Å². The van der Waals surface area contributed by atoms with E-state index in [1.807, 2.05) is 12.1 Å². The molecule has 0 aliphatic rings. The standard InChI is InChI=1S/C18H14F3N3S2/c1-3-25-15-10-6-4-5-7-13(10)26-16(15)17-23-11-9-22-14(18(19,20)21)8-12(11)24(17)2/h4-9H,3H2,1-2H3. The molecule has 0 bridgehead atoms. The van der Waals surface area contributed by atoms with Crippen molar-refractivity contribution in [1.29, 1.82) is 0 Å². The van der Waals surface area contributed by atoms with Crippen LogP contribution in [0.1, 0.15) is 12.6 Å². The molecule has 4 aromatic rings. The molecule has 3 heterocycles. The van der Waals surface area contributed by atoms with Crippen molar-refractivity contribution >= 4 is 44.2 Å². The van der Waals surface area contributed by atoms with Gasteiger partial charge in [-0.2, -0.15) is 13.2 Å². The van der Waals surface area contributed by atoms with Crippen molar-refractivity contribution in [2.75, 3.05) is 5.75 Å². The van der Waals surface area contributed by atoms with Crippen LogP contribution in [-0.4, -0.2) is 20.3 Å². The number of alkyl halides is 3. The summed E-state index contributed by atoms with van der Waals surface area (Å²) in [5, 5.41) is 1.15. The van der Waals surface area contributed by atoms with Crippen molar-refractivity contribution in [2.45, 2.75) is 18.0 Å². The topological polar surface area (TPSA) is 30.7 Å². The molecule has 3 nitrogen and oxygen atoms in total. The lowest BCUT2D eigenvalue weighted by molar-refractivity contribution is -0.141. The highest BCUT2D eigenvalue weighted by atomic mass is 32.2. The highest BCUT2D eigenvalue weighted by Crippen LogP contribution is 2.44. The lowest BCUT2D eigenvalue weighted by atomic mass is 10.2. The van der Waals surface area contributed by atoms with Gasteiger partial charge in [0.2, 0.25) is 0 Å². The molecule has 3 aromatic heterocycles. The molecule has 0 spiro atoms. The lowest BCUT2D eigenvalue weighted by Crippen LogP contribution is -2.07. The number of aryl methyl sites for hydroxylation is 1. The molecule has 0 saturated heterocycles. The van der Waals surface area contributed by atoms with E-state index in [0.717, 1.165) is 31.7 Å². The van der Waals surface area contributed by atoms with Crippen molar-refractivity contribution in [3.05, 3.63) is 42.2 Å². The van der Waals surface area contributed by atoms with Crippen LogP contribution in [0, 0.1) is 0 Å². The molecule has 0 radical (unpaired) electrons. The van der Waals surface area contributed by atoms with E-state index in [-0.39, 0.29) is 0 Å². The number of pyridine rings is 1. The molecule has 0 N–H and O–H groups in total. The Morgan fingerprint density at radius 2 is 2.00 bits per heavy atom. The number of nitrogens with zero attached hydrogens (tertiary/aromatic N) is 3. The second-order valence-electron chi connectivity index (χ2n) is 5.74. The summed E-state index contributed by atoms with van der Waals surface area (Å²) in [5.74, 6) is 1.57. The molecular formula is C18H14F3N3S2. The number of imidazole rings is 1. The number of thiophene rings is 1. The Kier molecular flexibility index (Phi) is 4.19. The van der Waals surface area contributed by atoms with Gasteiger partial charge in [0.25, 0.3) is 0 Å². The van der Waals surface area contributed by atoms with E-state index in [9.17, 15) is 13.2 Å². The maximum absolute atomic E-state index is 13.0. The fourth-order valence-corrected chi connectivity index (χ4v) is 5.24. The number of hydrogen-bond acceptors (Lipinski definition) is 4. The second kappa shape index (κ2) is 6.28. The molecule has 0 fully saturated rings. The molecule has 0 atom stereocenters. The van der Waals surface area contributed by atoms with Crippen molar-refractivity contribution < 1.29 is 13.2 Å². The van der Waals surface area contributed by atoms with Gasteiger partial charge in [0.05, 0.1) is 16.6 Å². The summed E-state index contributed by atoms with van der Waals surface area (Å²) in [4.78, 5) is 10.2. The largest absolute Gasteiger partial charge is 0.433 e. The third-order valence-electron chi connectivity index (χ3n) is 4.10. The number of fused-ring (bicyclic) bond motifs is 2. The van der Waals surface area contributed by atoms with Crippen LogP contribution in [0.4, 0.5) is 13.2 Å². The summed E-state index contributed by atoms with van der Waals surface area (Å²) in [6.07, 6.45) is -3.28. The average molecular weight is 393 g/mol. The minimum atomic E-state index is -4.47. The molecule has 0 unspecified atom stereocenters. The highest BCUT2D eigenvalue weighted by molar-refractivity contribution is 7.99. The molecule has 1 aromatic carbocycles. The second-order valence-corrected chi connectivity index (χ2v) is 8.07. The summed E-state index contributed by atoms with van der Waals surface area (Å²) in [6, 6.07) is 9.16. The van der Waals surface area contributed by atoms with Gasteiger partial charge in [0.1, 0.15) is 11.2 Å². The predicted octanol–water partition coefficient (Wildman–Crippen LogP) is 5.98. The Bertz CT molecular complexity index is 1110. The van der Waals surface area contributed by atoms with Gasteiger partial charge in [0, 0.05) is 22.0 Å². The zero-order valence-electron chi connectivity index (χ0n) is 14.0. The molecule has 134 valence electrons. The SMILES string of the molecule is CCSc1c(-c2nc3cnc(C(F)(F)F)cc3n2C)sc2ccccc12.